The third-order valence-electron chi connectivity index (χ3n) is 4.41. The molecule has 1 saturated heterocycles. The van der Waals surface area contributed by atoms with Crippen molar-refractivity contribution in [2.45, 2.75) is 26.7 Å². The molecule has 2 aliphatic rings. The van der Waals surface area contributed by atoms with Gasteiger partial charge in [0.1, 0.15) is 0 Å². The Kier molecular flexibility index (Phi) is 3.28. The molecule has 1 fully saturated rings. The Morgan fingerprint density at radius 1 is 1.05 bits per heavy atom. The number of amides is 2. The van der Waals surface area contributed by atoms with Crippen molar-refractivity contribution in [2.24, 2.45) is 11.8 Å². The molecule has 0 saturated carbocycles. The molecule has 1 aromatic rings. The fraction of sp³-hybridized carbons (Fsp3) is 0.375. The van der Waals surface area contributed by atoms with Crippen molar-refractivity contribution < 1.29 is 9.59 Å². The lowest BCUT2D eigenvalue weighted by molar-refractivity contribution is -0.122. The smallest absolute Gasteiger partial charge is 0.238 e. The predicted molar refractivity (Wildman–Crippen MR) is 81.2 cm³/mol. The molecule has 0 spiro atoms. The second-order valence-corrected chi connectivity index (χ2v) is 6.59. The summed E-state index contributed by atoms with van der Waals surface area (Å²) >= 11 is 3.39. The molecule has 1 aromatic carbocycles. The van der Waals surface area contributed by atoms with Gasteiger partial charge in [-0.3, -0.25) is 9.59 Å². The summed E-state index contributed by atoms with van der Waals surface area (Å²) in [5, 5.41) is 0. The Morgan fingerprint density at radius 3 is 2.10 bits per heavy atom. The lowest BCUT2D eigenvalue weighted by Gasteiger charge is -2.23. The number of carbonyl (C=O) groups is 2. The number of carbonyl (C=O) groups excluding carboxylic acids is 2. The summed E-state index contributed by atoms with van der Waals surface area (Å²) in [4.78, 5) is 26.5. The minimum absolute atomic E-state index is 0.0510. The number of anilines is 1. The zero-order chi connectivity index (χ0) is 14.4. The molecule has 0 bridgehead atoms. The van der Waals surface area contributed by atoms with E-state index in [1.807, 2.05) is 24.3 Å². The van der Waals surface area contributed by atoms with Gasteiger partial charge >= 0.3 is 0 Å². The quantitative estimate of drug-likeness (QED) is 0.580. The number of hydrogen-bond acceptors (Lipinski definition) is 2. The van der Waals surface area contributed by atoms with Gasteiger partial charge < -0.3 is 0 Å². The molecule has 104 valence electrons. The molecule has 1 aliphatic carbocycles. The first kappa shape index (κ1) is 13.6. The van der Waals surface area contributed by atoms with Crippen molar-refractivity contribution in [3.05, 3.63) is 39.9 Å². The predicted octanol–water partition coefficient (Wildman–Crippen LogP) is 3.68. The van der Waals surface area contributed by atoms with E-state index in [4.69, 9.17) is 0 Å². The number of rotatable bonds is 1. The normalized spacial score (nSPS) is 26.2. The number of imide groups is 1. The molecule has 0 unspecified atom stereocenters. The van der Waals surface area contributed by atoms with Gasteiger partial charge in [0.2, 0.25) is 11.8 Å². The minimum atomic E-state index is -0.176. The SMILES string of the molecule is CC1=C(C)C[C@H]2C(=O)N(c3cccc(Br)c3)C(=O)[C@@H]2C1. The molecule has 0 N–H and O–H groups in total. The Hall–Kier alpha value is -1.42. The van der Waals surface area contributed by atoms with E-state index < -0.39 is 0 Å². The first-order valence-electron chi connectivity index (χ1n) is 6.77. The van der Waals surface area contributed by atoms with Gasteiger partial charge in [-0.1, -0.05) is 33.1 Å². The molecule has 2 amide bonds. The molecule has 20 heavy (non-hydrogen) atoms. The van der Waals surface area contributed by atoms with Crippen molar-refractivity contribution in [2.75, 3.05) is 4.90 Å². The number of hydrogen-bond donors (Lipinski definition) is 0. The first-order valence-corrected chi connectivity index (χ1v) is 7.57. The van der Waals surface area contributed by atoms with Gasteiger partial charge in [0, 0.05) is 4.47 Å². The van der Waals surface area contributed by atoms with Crippen LogP contribution in [0.25, 0.3) is 0 Å². The molecule has 3 rings (SSSR count). The second kappa shape index (κ2) is 4.85. The second-order valence-electron chi connectivity index (χ2n) is 5.67. The zero-order valence-electron chi connectivity index (χ0n) is 11.5. The average Bonchev–Trinajstić information content (AvgIpc) is 2.63. The number of fused-ring (bicyclic) bond motifs is 1. The van der Waals surface area contributed by atoms with Crippen LogP contribution < -0.4 is 4.90 Å². The topological polar surface area (TPSA) is 37.4 Å². The molecule has 2 atom stereocenters. The maximum atomic E-state index is 12.6. The van der Waals surface area contributed by atoms with Crippen LogP contribution in [0, 0.1) is 11.8 Å². The summed E-state index contributed by atoms with van der Waals surface area (Å²) in [6.45, 7) is 4.12. The van der Waals surface area contributed by atoms with E-state index in [0.29, 0.717) is 18.5 Å². The Labute approximate surface area is 126 Å². The van der Waals surface area contributed by atoms with Gasteiger partial charge in [0.15, 0.2) is 0 Å². The van der Waals surface area contributed by atoms with Crippen LogP contribution in [0.4, 0.5) is 5.69 Å². The monoisotopic (exact) mass is 333 g/mol. The molecule has 3 nitrogen and oxygen atoms in total. The van der Waals surface area contributed by atoms with Crippen molar-refractivity contribution in [1.29, 1.82) is 0 Å². The number of halogens is 1. The number of nitrogens with zero attached hydrogens (tertiary/aromatic N) is 1. The summed E-state index contributed by atoms with van der Waals surface area (Å²) in [5.41, 5.74) is 3.17. The summed E-state index contributed by atoms with van der Waals surface area (Å²) in [6, 6.07) is 7.36. The average molecular weight is 334 g/mol. The molecule has 0 radical (unpaired) electrons. The highest BCUT2D eigenvalue weighted by molar-refractivity contribution is 9.10. The van der Waals surface area contributed by atoms with E-state index in [1.165, 1.54) is 16.0 Å². The Bertz CT molecular complexity index is 603. The lowest BCUT2D eigenvalue weighted by atomic mass is 9.78. The fourth-order valence-electron chi connectivity index (χ4n) is 3.12. The highest BCUT2D eigenvalue weighted by Crippen LogP contribution is 2.42. The largest absolute Gasteiger partial charge is 0.274 e. The molecular formula is C16H16BrNO2. The molecule has 1 aliphatic heterocycles. The van der Waals surface area contributed by atoms with E-state index in [0.717, 1.165) is 4.47 Å². The molecule has 1 heterocycles. The summed E-state index contributed by atoms with van der Waals surface area (Å²) in [7, 11) is 0. The maximum Gasteiger partial charge on any atom is 0.238 e. The first-order chi connectivity index (χ1) is 9.49. The van der Waals surface area contributed by atoms with Gasteiger partial charge in [-0.15, -0.1) is 0 Å². The Morgan fingerprint density at radius 2 is 1.60 bits per heavy atom. The van der Waals surface area contributed by atoms with Crippen LogP contribution in [-0.4, -0.2) is 11.8 Å². The van der Waals surface area contributed by atoms with Crippen LogP contribution >= 0.6 is 15.9 Å². The lowest BCUT2D eigenvalue weighted by Crippen LogP contribution is -2.30. The molecular weight excluding hydrogens is 318 g/mol. The van der Waals surface area contributed by atoms with Crippen molar-refractivity contribution >= 4 is 33.4 Å². The van der Waals surface area contributed by atoms with E-state index in [1.54, 1.807) is 0 Å². The third-order valence-corrected chi connectivity index (χ3v) is 4.90. The fourth-order valence-corrected chi connectivity index (χ4v) is 3.51. The van der Waals surface area contributed by atoms with Crippen molar-refractivity contribution in [3.8, 4) is 0 Å². The maximum absolute atomic E-state index is 12.6. The van der Waals surface area contributed by atoms with Crippen LogP contribution in [0.2, 0.25) is 0 Å². The van der Waals surface area contributed by atoms with E-state index in [2.05, 4.69) is 29.8 Å². The van der Waals surface area contributed by atoms with Crippen molar-refractivity contribution in [3.63, 3.8) is 0 Å². The number of allylic oxidation sites excluding steroid dienone is 2. The molecule has 0 aromatic heterocycles. The van der Waals surface area contributed by atoms with Crippen LogP contribution in [0.3, 0.4) is 0 Å². The van der Waals surface area contributed by atoms with Crippen LogP contribution in [0.5, 0.6) is 0 Å². The van der Waals surface area contributed by atoms with Gasteiger partial charge in [0.25, 0.3) is 0 Å². The summed E-state index contributed by atoms with van der Waals surface area (Å²) < 4.78 is 0.871. The third kappa shape index (κ3) is 2.03. The van der Waals surface area contributed by atoms with E-state index >= 15 is 0 Å². The summed E-state index contributed by atoms with van der Waals surface area (Å²) in [5.74, 6) is -0.453. The van der Waals surface area contributed by atoms with E-state index in [9.17, 15) is 9.59 Å². The van der Waals surface area contributed by atoms with Gasteiger partial charge in [-0.2, -0.15) is 0 Å². The van der Waals surface area contributed by atoms with Crippen LogP contribution in [0.15, 0.2) is 39.9 Å². The van der Waals surface area contributed by atoms with Crippen LogP contribution in [-0.2, 0) is 9.59 Å². The van der Waals surface area contributed by atoms with Gasteiger partial charge in [-0.25, -0.2) is 4.90 Å². The van der Waals surface area contributed by atoms with Gasteiger partial charge in [0.05, 0.1) is 17.5 Å². The standard InChI is InChI=1S/C16H16BrNO2/c1-9-6-13-14(7-10(9)2)16(20)18(15(13)19)12-5-3-4-11(17)8-12/h3-5,8,13-14H,6-7H2,1-2H3/t13-,14-/m1/s1. The minimum Gasteiger partial charge on any atom is -0.274 e. The Balaban J connectivity index is 1.98. The zero-order valence-corrected chi connectivity index (χ0v) is 13.1. The van der Waals surface area contributed by atoms with Gasteiger partial charge in [-0.05, 0) is 44.9 Å². The van der Waals surface area contributed by atoms with Crippen molar-refractivity contribution in [1.82, 2.24) is 0 Å². The van der Waals surface area contributed by atoms with E-state index in [-0.39, 0.29) is 23.7 Å². The highest BCUT2D eigenvalue weighted by Gasteiger charge is 2.49. The highest BCUT2D eigenvalue weighted by atomic mass is 79.9. The van der Waals surface area contributed by atoms with Crippen LogP contribution in [0.1, 0.15) is 26.7 Å². The molecule has 4 heteroatoms. The summed E-state index contributed by atoms with van der Waals surface area (Å²) in [6.07, 6.45) is 1.43. The number of benzene rings is 1.